The molecule has 0 amide bonds. The summed E-state index contributed by atoms with van der Waals surface area (Å²) in [5.41, 5.74) is 8.68. The van der Waals surface area contributed by atoms with Crippen molar-refractivity contribution in [3.8, 4) is 22.3 Å². The summed E-state index contributed by atoms with van der Waals surface area (Å²) in [7, 11) is 0. The van der Waals surface area contributed by atoms with Gasteiger partial charge in [0.2, 0.25) is 0 Å². The Morgan fingerprint density at radius 3 is 1.40 bits per heavy atom. The molecule has 3 aromatic rings. The lowest BCUT2D eigenvalue weighted by molar-refractivity contribution is 1.14. The Morgan fingerprint density at radius 2 is 1.04 bits per heavy atom. The first-order valence-corrected chi connectivity index (χ1v) is 8.78. The highest BCUT2D eigenvalue weighted by Crippen LogP contribution is 2.26. The molecular formula is C25H24. The van der Waals surface area contributed by atoms with Gasteiger partial charge in [-0.1, -0.05) is 105 Å². The highest BCUT2D eigenvalue weighted by atomic mass is 14.1. The Labute approximate surface area is 151 Å². The molecular weight excluding hydrogens is 300 g/mol. The Morgan fingerprint density at radius 1 is 0.680 bits per heavy atom. The zero-order chi connectivity index (χ0) is 17.6. The molecule has 3 aromatic carbocycles. The summed E-state index contributed by atoms with van der Waals surface area (Å²) in [4.78, 5) is 0. The fourth-order valence-electron chi connectivity index (χ4n) is 2.94. The third-order valence-electron chi connectivity index (χ3n) is 4.59. The zero-order valence-corrected chi connectivity index (χ0v) is 14.8. The summed E-state index contributed by atoms with van der Waals surface area (Å²) >= 11 is 0. The third kappa shape index (κ3) is 4.16. The minimum atomic E-state index is 0.858. The minimum Gasteiger partial charge on any atom is -0.0988 e. The van der Waals surface area contributed by atoms with Gasteiger partial charge in [0, 0.05) is 0 Å². The summed E-state index contributed by atoms with van der Waals surface area (Å²) in [5.74, 6) is 0. The maximum atomic E-state index is 3.98. The van der Waals surface area contributed by atoms with E-state index in [0.29, 0.717) is 0 Å². The van der Waals surface area contributed by atoms with Crippen LogP contribution in [0, 0.1) is 0 Å². The third-order valence-corrected chi connectivity index (χ3v) is 4.59. The zero-order valence-electron chi connectivity index (χ0n) is 14.8. The van der Waals surface area contributed by atoms with Gasteiger partial charge in [0.1, 0.15) is 0 Å². The van der Waals surface area contributed by atoms with Gasteiger partial charge in [0.25, 0.3) is 0 Å². The maximum absolute atomic E-state index is 3.98. The van der Waals surface area contributed by atoms with Crippen LogP contribution < -0.4 is 0 Å². The van der Waals surface area contributed by atoms with Crippen molar-refractivity contribution in [2.45, 2.75) is 19.8 Å². The molecule has 0 bridgehead atoms. The highest BCUT2D eigenvalue weighted by molar-refractivity contribution is 5.70. The average molecular weight is 324 g/mol. The average Bonchev–Trinajstić information content (AvgIpc) is 2.69. The largest absolute Gasteiger partial charge is 0.0988 e. The van der Waals surface area contributed by atoms with E-state index in [-0.39, 0.29) is 0 Å². The Hall–Kier alpha value is -2.86. The van der Waals surface area contributed by atoms with E-state index in [1.165, 1.54) is 33.4 Å². The number of benzene rings is 3. The maximum Gasteiger partial charge on any atom is -0.00318 e. The molecule has 0 heteroatoms. The predicted octanol–water partition coefficient (Wildman–Crippen LogP) is 6.87. The summed E-state index contributed by atoms with van der Waals surface area (Å²) in [6.07, 6.45) is 3.76. The second kappa shape index (κ2) is 7.81. The number of aryl methyl sites for hydroxylation is 1. The molecule has 0 aliphatic carbocycles. The van der Waals surface area contributed by atoms with Crippen LogP contribution in [-0.2, 0) is 12.8 Å². The molecule has 0 saturated heterocycles. The standard InChI is InChI=1S/C25H24/c1-4-19(3)18-21-8-12-23(13-9-21)25-16-14-24(15-17-25)22-10-6-20(5-2)7-11-22/h4,6-17H,1,3,5,18H2,2H3. The monoisotopic (exact) mass is 324 g/mol. The molecule has 0 fully saturated rings. The normalized spacial score (nSPS) is 10.4. The second-order valence-corrected chi connectivity index (χ2v) is 6.36. The van der Waals surface area contributed by atoms with Crippen molar-refractivity contribution >= 4 is 0 Å². The second-order valence-electron chi connectivity index (χ2n) is 6.36. The van der Waals surface area contributed by atoms with Crippen LogP contribution in [0.5, 0.6) is 0 Å². The molecule has 0 radical (unpaired) electrons. The van der Waals surface area contributed by atoms with Gasteiger partial charge in [0.15, 0.2) is 0 Å². The van der Waals surface area contributed by atoms with E-state index in [9.17, 15) is 0 Å². The first kappa shape index (κ1) is 17.0. The number of rotatable bonds is 6. The van der Waals surface area contributed by atoms with E-state index >= 15 is 0 Å². The van der Waals surface area contributed by atoms with Crippen LogP contribution in [0.15, 0.2) is 97.6 Å². The molecule has 0 nitrogen and oxygen atoms in total. The van der Waals surface area contributed by atoms with Gasteiger partial charge < -0.3 is 0 Å². The van der Waals surface area contributed by atoms with Gasteiger partial charge in [0.05, 0.1) is 0 Å². The number of allylic oxidation sites excluding steroid dienone is 2. The van der Waals surface area contributed by atoms with Crippen molar-refractivity contribution < 1.29 is 0 Å². The van der Waals surface area contributed by atoms with Gasteiger partial charge in [-0.25, -0.2) is 0 Å². The van der Waals surface area contributed by atoms with Crippen LogP contribution in [0.4, 0.5) is 0 Å². The quantitative estimate of drug-likeness (QED) is 0.434. The summed E-state index contributed by atoms with van der Waals surface area (Å²) < 4.78 is 0. The van der Waals surface area contributed by atoms with Crippen LogP contribution in [0.1, 0.15) is 18.1 Å². The Kier molecular flexibility index (Phi) is 5.30. The molecule has 0 saturated carbocycles. The van der Waals surface area contributed by atoms with Crippen LogP contribution in [0.25, 0.3) is 22.3 Å². The van der Waals surface area contributed by atoms with Crippen molar-refractivity contribution in [3.63, 3.8) is 0 Å². The topological polar surface area (TPSA) is 0 Å². The SMILES string of the molecule is C=CC(=C)Cc1ccc(-c2ccc(-c3ccc(CC)cc3)cc2)cc1. The van der Waals surface area contributed by atoms with E-state index in [1.54, 1.807) is 0 Å². The number of hydrogen-bond donors (Lipinski definition) is 0. The smallest absolute Gasteiger partial charge is 0.00318 e. The van der Waals surface area contributed by atoms with Crippen LogP contribution in [0.3, 0.4) is 0 Å². The fraction of sp³-hybridized carbons (Fsp3) is 0.120. The van der Waals surface area contributed by atoms with E-state index in [1.807, 2.05) is 6.08 Å². The fourth-order valence-corrected chi connectivity index (χ4v) is 2.94. The molecule has 0 unspecified atom stereocenters. The molecule has 0 aliphatic heterocycles. The van der Waals surface area contributed by atoms with E-state index in [4.69, 9.17) is 0 Å². The summed E-state index contributed by atoms with van der Waals surface area (Å²) in [5, 5.41) is 0. The molecule has 0 spiro atoms. The van der Waals surface area contributed by atoms with Gasteiger partial charge in [-0.15, -0.1) is 0 Å². The first-order chi connectivity index (χ1) is 12.2. The van der Waals surface area contributed by atoms with Crippen molar-refractivity contribution in [2.24, 2.45) is 0 Å². The van der Waals surface area contributed by atoms with Gasteiger partial charge in [-0.2, -0.15) is 0 Å². The molecule has 0 aliphatic rings. The Balaban J connectivity index is 1.77. The molecule has 0 atom stereocenters. The van der Waals surface area contributed by atoms with E-state index in [2.05, 4.69) is 92.9 Å². The van der Waals surface area contributed by atoms with Crippen molar-refractivity contribution in [1.82, 2.24) is 0 Å². The lowest BCUT2D eigenvalue weighted by Crippen LogP contribution is -1.87. The molecule has 0 heterocycles. The van der Waals surface area contributed by atoms with Gasteiger partial charge >= 0.3 is 0 Å². The number of hydrogen-bond acceptors (Lipinski definition) is 0. The van der Waals surface area contributed by atoms with Crippen LogP contribution in [-0.4, -0.2) is 0 Å². The summed E-state index contributed by atoms with van der Waals surface area (Å²) in [6, 6.07) is 26.3. The van der Waals surface area contributed by atoms with Crippen LogP contribution in [0.2, 0.25) is 0 Å². The van der Waals surface area contributed by atoms with Gasteiger partial charge in [-0.05, 0) is 46.2 Å². The molecule has 25 heavy (non-hydrogen) atoms. The van der Waals surface area contributed by atoms with Crippen molar-refractivity contribution in [3.05, 3.63) is 109 Å². The Bertz CT molecular complexity index is 847. The minimum absolute atomic E-state index is 0.858. The molecule has 0 N–H and O–H groups in total. The van der Waals surface area contributed by atoms with Gasteiger partial charge in [-0.3, -0.25) is 0 Å². The lowest BCUT2D eigenvalue weighted by atomic mass is 9.98. The molecule has 124 valence electrons. The predicted molar refractivity (Wildman–Crippen MR) is 110 cm³/mol. The highest BCUT2D eigenvalue weighted by Gasteiger charge is 2.02. The van der Waals surface area contributed by atoms with E-state index in [0.717, 1.165) is 18.4 Å². The van der Waals surface area contributed by atoms with E-state index < -0.39 is 0 Å². The molecule has 3 rings (SSSR count). The molecule has 0 aromatic heterocycles. The van der Waals surface area contributed by atoms with Crippen LogP contribution >= 0.6 is 0 Å². The lowest BCUT2D eigenvalue weighted by Gasteiger charge is -2.07. The van der Waals surface area contributed by atoms with Crippen molar-refractivity contribution in [1.29, 1.82) is 0 Å². The van der Waals surface area contributed by atoms with Crippen molar-refractivity contribution in [2.75, 3.05) is 0 Å². The summed E-state index contributed by atoms with van der Waals surface area (Å²) in [6.45, 7) is 9.93. The first-order valence-electron chi connectivity index (χ1n) is 8.78.